The smallest absolute Gasteiger partial charge is 0.306 e. The Balaban J connectivity index is 2.16. The van der Waals surface area contributed by atoms with Gasteiger partial charge in [-0.05, 0) is 16.3 Å². The zero-order valence-electron chi connectivity index (χ0n) is 11.7. The highest BCUT2D eigenvalue weighted by Gasteiger charge is 2.17. The van der Waals surface area contributed by atoms with Gasteiger partial charge >= 0.3 is 5.97 Å². The van der Waals surface area contributed by atoms with Crippen molar-refractivity contribution in [3.05, 3.63) is 48.0 Å². The minimum absolute atomic E-state index is 0.188. The fraction of sp³-hybridized carbons (Fsp3) is 0.312. The van der Waals surface area contributed by atoms with Crippen LogP contribution in [-0.2, 0) is 26.1 Å². The van der Waals surface area contributed by atoms with Crippen molar-refractivity contribution in [2.24, 2.45) is 0 Å². The van der Waals surface area contributed by atoms with Crippen LogP contribution in [-0.4, -0.2) is 22.5 Å². The predicted octanol–water partition coefficient (Wildman–Crippen LogP) is 3.04. The highest BCUT2D eigenvalue weighted by molar-refractivity contribution is 7.84. The molecule has 2 rings (SSSR count). The molecule has 0 aliphatic rings. The summed E-state index contributed by atoms with van der Waals surface area (Å²) in [5.74, 6) is 0.142. The molecule has 3 nitrogen and oxygen atoms in total. The lowest BCUT2D eigenvalue weighted by Crippen LogP contribution is -2.18. The standard InChI is InChI=1S/C16H18O3S/c1-12(10-16(17)19-2)20(18)11-14-8-5-7-13-6-3-4-9-15(13)14/h3-9,12H,10-11H2,1-2H3. The van der Waals surface area contributed by atoms with Crippen LogP contribution in [0.4, 0.5) is 0 Å². The first-order valence-corrected chi connectivity index (χ1v) is 7.90. The number of esters is 1. The van der Waals surface area contributed by atoms with Crippen molar-refractivity contribution in [2.75, 3.05) is 7.11 Å². The van der Waals surface area contributed by atoms with Crippen molar-refractivity contribution < 1.29 is 13.7 Å². The molecule has 0 heterocycles. The zero-order chi connectivity index (χ0) is 14.5. The number of fused-ring (bicyclic) bond motifs is 1. The summed E-state index contributed by atoms with van der Waals surface area (Å²) in [6, 6.07) is 14.0. The Morgan fingerprint density at radius 2 is 1.90 bits per heavy atom. The van der Waals surface area contributed by atoms with E-state index in [1.165, 1.54) is 7.11 Å². The minimum Gasteiger partial charge on any atom is -0.469 e. The van der Waals surface area contributed by atoms with Crippen LogP contribution in [0, 0.1) is 0 Å². The SMILES string of the molecule is COC(=O)CC(C)S(=O)Cc1cccc2ccccc12. The van der Waals surface area contributed by atoms with Crippen molar-refractivity contribution in [1.29, 1.82) is 0 Å². The molecule has 0 radical (unpaired) electrons. The number of hydrogen-bond acceptors (Lipinski definition) is 3. The van der Waals surface area contributed by atoms with Gasteiger partial charge in [0.15, 0.2) is 0 Å². The summed E-state index contributed by atoms with van der Waals surface area (Å²) in [6.07, 6.45) is 0.188. The van der Waals surface area contributed by atoms with Gasteiger partial charge in [0.2, 0.25) is 0 Å². The maximum absolute atomic E-state index is 12.3. The molecule has 2 atom stereocenters. The van der Waals surface area contributed by atoms with E-state index in [9.17, 15) is 9.00 Å². The Labute approximate surface area is 121 Å². The van der Waals surface area contributed by atoms with E-state index in [1.807, 2.05) is 49.4 Å². The van der Waals surface area contributed by atoms with Crippen LogP contribution < -0.4 is 0 Å². The molecule has 0 aromatic heterocycles. The molecular weight excluding hydrogens is 272 g/mol. The van der Waals surface area contributed by atoms with Crippen molar-refractivity contribution >= 4 is 27.5 Å². The molecule has 4 heteroatoms. The number of methoxy groups -OCH3 is 1. The summed E-state index contributed by atoms with van der Waals surface area (Å²) in [5.41, 5.74) is 1.05. The number of rotatable bonds is 5. The van der Waals surface area contributed by atoms with Crippen molar-refractivity contribution in [3.8, 4) is 0 Å². The zero-order valence-corrected chi connectivity index (χ0v) is 12.5. The van der Waals surface area contributed by atoms with Gasteiger partial charge in [0, 0.05) is 21.8 Å². The van der Waals surface area contributed by atoms with Gasteiger partial charge in [-0.3, -0.25) is 9.00 Å². The van der Waals surface area contributed by atoms with E-state index in [-0.39, 0.29) is 17.6 Å². The van der Waals surface area contributed by atoms with Gasteiger partial charge in [-0.1, -0.05) is 49.4 Å². The first-order chi connectivity index (χ1) is 9.61. The quantitative estimate of drug-likeness (QED) is 0.795. The normalized spacial score (nSPS) is 13.9. The number of ether oxygens (including phenoxy) is 1. The van der Waals surface area contributed by atoms with E-state index >= 15 is 0 Å². The van der Waals surface area contributed by atoms with Crippen LogP contribution in [0.3, 0.4) is 0 Å². The van der Waals surface area contributed by atoms with Gasteiger partial charge in [-0.25, -0.2) is 0 Å². The molecule has 2 aromatic rings. The van der Waals surface area contributed by atoms with Gasteiger partial charge in [0.05, 0.1) is 13.5 Å². The molecule has 2 aromatic carbocycles. The van der Waals surface area contributed by atoms with Crippen LogP contribution in [0.2, 0.25) is 0 Å². The summed E-state index contributed by atoms with van der Waals surface area (Å²) < 4.78 is 16.9. The summed E-state index contributed by atoms with van der Waals surface area (Å²) in [7, 11) is 0.255. The molecule has 0 saturated heterocycles. The third-order valence-corrected chi connectivity index (χ3v) is 4.97. The first kappa shape index (κ1) is 14.7. The molecule has 0 bridgehead atoms. The second-order valence-corrected chi connectivity index (χ2v) is 6.61. The van der Waals surface area contributed by atoms with Crippen molar-refractivity contribution in [1.82, 2.24) is 0 Å². The van der Waals surface area contributed by atoms with Gasteiger partial charge in [0.1, 0.15) is 0 Å². The Morgan fingerprint density at radius 1 is 1.20 bits per heavy atom. The minimum atomic E-state index is -1.09. The molecule has 0 aliphatic heterocycles. The monoisotopic (exact) mass is 290 g/mol. The maximum atomic E-state index is 12.3. The van der Waals surface area contributed by atoms with Gasteiger partial charge in [-0.2, -0.15) is 0 Å². The molecule has 106 valence electrons. The molecular formula is C16H18O3S. The molecule has 0 fully saturated rings. The number of hydrogen-bond donors (Lipinski definition) is 0. The molecule has 0 spiro atoms. The summed E-state index contributed by atoms with van der Waals surface area (Å²) in [5, 5.41) is 2.05. The molecule has 2 unspecified atom stereocenters. The van der Waals surface area contributed by atoms with Crippen LogP contribution in [0.25, 0.3) is 10.8 Å². The third kappa shape index (κ3) is 3.45. The average Bonchev–Trinajstić information content (AvgIpc) is 2.47. The fourth-order valence-electron chi connectivity index (χ4n) is 2.12. The van der Waals surface area contributed by atoms with E-state index in [2.05, 4.69) is 4.74 Å². The van der Waals surface area contributed by atoms with Gasteiger partial charge in [0.25, 0.3) is 0 Å². The molecule has 0 saturated carbocycles. The van der Waals surface area contributed by atoms with Crippen molar-refractivity contribution in [2.45, 2.75) is 24.3 Å². The maximum Gasteiger partial charge on any atom is 0.306 e. The second kappa shape index (κ2) is 6.66. The average molecular weight is 290 g/mol. The van der Waals surface area contributed by atoms with Crippen LogP contribution in [0.5, 0.6) is 0 Å². The Kier molecular flexibility index (Phi) is 4.90. The largest absolute Gasteiger partial charge is 0.469 e. The van der Waals surface area contributed by atoms with Crippen molar-refractivity contribution in [3.63, 3.8) is 0 Å². The van der Waals surface area contributed by atoms with Crippen LogP contribution in [0.15, 0.2) is 42.5 Å². The van der Waals surface area contributed by atoms with E-state index in [1.54, 1.807) is 0 Å². The third-order valence-electron chi connectivity index (χ3n) is 3.31. The summed E-state index contributed by atoms with van der Waals surface area (Å²) in [6.45, 7) is 1.82. The number of benzene rings is 2. The van der Waals surface area contributed by atoms with E-state index in [0.29, 0.717) is 5.75 Å². The highest BCUT2D eigenvalue weighted by Crippen LogP contribution is 2.21. The van der Waals surface area contributed by atoms with E-state index in [4.69, 9.17) is 0 Å². The molecule has 0 N–H and O–H groups in total. The second-order valence-electron chi connectivity index (χ2n) is 4.75. The molecule has 0 aliphatic carbocycles. The highest BCUT2D eigenvalue weighted by atomic mass is 32.2. The van der Waals surface area contributed by atoms with E-state index in [0.717, 1.165) is 16.3 Å². The summed E-state index contributed by atoms with van der Waals surface area (Å²) >= 11 is 0. The number of carbonyl (C=O) groups excluding carboxylic acids is 1. The Hall–Kier alpha value is -1.68. The lowest BCUT2D eigenvalue weighted by atomic mass is 10.1. The molecule has 0 amide bonds. The van der Waals surface area contributed by atoms with Gasteiger partial charge in [-0.15, -0.1) is 0 Å². The molecule has 20 heavy (non-hydrogen) atoms. The van der Waals surface area contributed by atoms with Crippen LogP contribution in [0.1, 0.15) is 18.9 Å². The summed E-state index contributed by atoms with van der Waals surface area (Å²) in [4.78, 5) is 11.2. The first-order valence-electron chi connectivity index (χ1n) is 6.52. The van der Waals surface area contributed by atoms with Crippen LogP contribution >= 0.6 is 0 Å². The topological polar surface area (TPSA) is 43.4 Å². The lowest BCUT2D eigenvalue weighted by molar-refractivity contribution is -0.140. The number of carbonyl (C=O) groups is 1. The van der Waals surface area contributed by atoms with Gasteiger partial charge < -0.3 is 4.74 Å². The lowest BCUT2D eigenvalue weighted by Gasteiger charge is -2.11. The Morgan fingerprint density at radius 3 is 2.65 bits per heavy atom. The predicted molar refractivity (Wildman–Crippen MR) is 81.9 cm³/mol. The Bertz CT molecular complexity index is 631. The fourth-order valence-corrected chi connectivity index (χ4v) is 3.29. The van der Waals surface area contributed by atoms with E-state index < -0.39 is 10.8 Å².